The first-order valence-corrected chi connectivity index (χ1v) is 8.29. The zero-order valence-corrected chi connectivity index (χ0v) is 16.1. The number of ether oxygens (including phenoxy) is 1. The molecule has 2 rings (SSSR count). The second-order valence-corrected chi connectivity index (χ2v) is 6.39. The Kier molecular flexibility index (Phi) is 12.6. The zero-order valence-electron chi connectivity index (χ0n) is 14.4. The normalized spacial score (nSPS) is 15.8. The topological polar surface area (TPSA) is 15.7 Å². The molecule has 0 atom stereocenters. The molecule has 23 heavy (non-hydrogen) atoms. The third kappa shape index (κ3) is 9.41. The van der Waals surface area contributed by atoms with Gasteiger partial charge >= 0.3 is 0 Å². The quantitative estimate of drug-likeness (QED) is 0.650. The van der Waals surface area contributed by atoms with Gasteiger partial charge in [0.1, 0.15) is 5.75 Å². The maximum atomic E-state index is 5.75. The average Bonchev–Trinajstić information content (AvgIpc) is 2.52. The van der Waals surface area contributed by atoms with Gasteiger partial charge in [-0.3, -0.25) is 0 Å². The lowest BCUT2D eigenvalue weighted by Gasteiger charge is -2.32. The molecule has 5 heteroatoms. The van der Waals surface area contributed by atoms with Crippen LogP contribution in [0.5, 0.6) is 5.75 Å². The van der Waals surface area contributed by atoms with Gasteiger partial charge in [0, 0.05) is 6.54 Å². The van der Waals surface area contributed by atoms with Crippen LogP contribution < -0.4 is 4.74 Å². The minimum atomic E-state index is 0. The summed E-state index contributed by atoms with van der Waals surface area (Å²) in [5.41, 5.74) is 0. The second-order valence-electron chi connectivity index (χ2n) is 6.39. The molecule has 0 spiro atoms. The number of halogens is 2. The van der Waals surface area contributed by atoms with Crippen molar-refractivity contribution < 1.29 is 4.74 Å². The first-order chi connectivity index (χ1) is 10.2. The third-order valence-corrected chi connectivity index (χ3v) is 4.32. The Morgan fingerprint density at radius 2 is 1.74 bits per heavy atom. The van der Waals surface area contributed by atoms with E-state index < -0.39 is 0 Å². The van der Waals surface area contributed by atoms with E-state index in [0.29, 0.717) is 0 Å². The first kappa shape index (κ1) is 22.5. The van der Waals surface area contributed by atoms with E-state index >= 15 is 0 Å². The lowest BCUT2D eigenvalue weighted by Crippen LogP contribution is -2.35. The largest absolute Gasteiger partial charge is 0.494 e. The Morgan fingerprint density at radius 3 is 2.35 bits per heavy atom. The van der Waals surface area contributed by atoms with Gasteiger partial charge in [-0.05, 0) is 77.5 Å². The Morgan fingerprint density at radius 1 is 1.09 bits per heavy atom. The molecule has 0 bridgehead atoms. The van der Waals surface area contributed by atoms with Crippen LogP contribution in [0.4, 0.5) is 0 Å². The van der Waals surface area contributed by atoms with Gasteiger partial charge in [0.25, 0.3) is 0 Å². The van der Waals surface area contributed by atoms with Gasteiger partial charge in [-0.15, -0.1) is 24.8 Å². The summed E-state index contributed by atoms with van der Waals surface area (Å²) < 4.78 is 5.75. The predicted octanol–water partition coefficient (Wildman–Crippen LogP) is 3.96. The molecule has 0 N–H and O–H groups in total. The highest BCUT2D eigenvalue weighted by atomic mass is 35.5. The summed E-state index contributed by atoms with van der Waals surface area (Å²) in [4.78, 5) is 4.90. The second kappa shape index (κ2) is 12.9. The monoisotopic (exact) mass is 362 g/mol. The highest BCUT2D eigenvalue weighted by molar-refractivity contribution is 5.85. The van der Waals surface area contributed by atoms with Crippen LogP contribution in [0, 0.1) is 5.92 Å². The number of likely N-dealkylation sites (tertiary alicyclic amines) is 1. The molecule has 0 amide bonds. The van der Waals surface area contributed by atoms with Gasteiger partial charge in [0.2, 0.25) is 0 Å². The number of para-hydroxylation sites is 1. The molecule has 1 aromatic carbocycles. The summed E-state index contributed by atoms with van der Waals surface area (Å²) in [5, 5.41) is 0. The van der Waals surface area contributed by atoms with Crippen LogP contribution in [0.2, 0.25) is 0 Å². The third-order valence-electron chi connectivity index (χ3n) is 4.32. The highest BCUT2D eigenvalue weighted by Crippen LogP contribution is 2.20. The molecule has 0 radical (unpaired) electrons. The van der Waals surface area contributed by atoms with Gasteiger partial charge in [-0.25, -0.2) is 0 Å². The van der Waals surface area contributed by atoms with E-state index in [4.69, 9.17) is 4.74 Å². The van der Waals surface area contributed by atoms with Gasteiger partial charge in [0.15, 0.2) is 0 Å². The molecular formula is C18H32Cl2N2O. The molecule has 1 fully saturated rings. The molecule has 1 saturated heterocycles. The number of nitrogens with zero attached hydrogens (tertiary/aromatic N) is 2. The van der Waals surface area contributed by atoms with Crippen molar-refractivity contribution in [3.63, 3.8) is 0 Å². The molecule has 1 aromatic rings. The number of piperidine rings is 1. The lowest BCUT2D eigenvalue weighted by molar-refractivity contribution is 0.161. The summed E-state index contributed by atoms with van der Waals surface area (Å²) in [6.45, 7) is 5.76. The maximum absolute atomic E-state index is 5.75. The smallest absolute Gasteiger partial charge is 0.119 e. The van der Waals surface area contributed by atoms with Crippen LogP contribution in [0.15, 0.2) is 30.3 Å². The molecule has 1 aliphatic heterocycles. The van der Waals surface area contributed by atoms with Crippen LogP contribution in [-0.4, -0.2) is 56.7 Å². The Bertz CT molecular complexity index is 382. The number of benzene rings is 1. The fourth-order valence-corrected chi connectivity index (χ4v) is 2.93. The Labute approximate surface area is 154 Å². The minimum Gasteiger partial charge on any atom is -0.494 e. The zero-order chi connectivity index (χ0) is 14.9. The van der Waals surface area contributed by atoms with E-state index in [-0.39, 0.29) is 24.8 Å². The summed E-state index contributed by atoms with van der Waals surface area (Å²) in [7, 11) is 4.34. The van der Waals surface area contributed by atoms with Crippen molar-refractivity contribution in [2.75, 3.05) is 46.9 Å². The van der Waals surface area contributed by atoms with Crippen LogP contribution in [0.25, 0.3) is 0 Å². The van der Waals surface area contributed by atoms with Crippen molar-refractivity contribution in [1.82, 2.24) is 9.80 Å². The molecule has 3 nitrogen and oxygen atoms in total. The fourth-order valence-electron chi connectivity index (χ4n) is 2.93. The van der Waals surface area contributed by atoms with Gasteiger partial charge in [-0.2, -0.15) is 0 Å². The van der Waals surface area contributed by atoms with Crippen LogP contribution in [0.3, 0.4) is 0 Å². The van der Waals surface area contributed by atoms with Gasteiger partial charge in [-0.1, -0.05) is 18.2 Å². The molecule has 0 aromatic heterocycles. The minimum absolute atomic E-state index is 0. The highest BCUT2D eigenvalue weighted by Gasteiger charge is 2.18. The number of hydrogen-bond acceptors (Lipinski definition) is 3. The summed E-state index contributed by atoms with van der Waals surface area (Å²) in [5.74, 6) is 1.92. The van der Waals surface area contributed by atoms with E-state index in [2.05, 4.69) is 23.9 Å². The number of hydrogen-bond donors (Lipinski definition) is 0. The van der Waals surface area contributed by atoms with Crippen LogP contribution in [0.1, 0.15) is 25.7 Å². The van der Waals surface area contributed by atoms with E-state index in [1.54, 1.807) is 0 Å². The van der Waals surface area contributed by atoms with Crippen molar-refractivity contribution in [2.45, 2.75) is 25.7 Å². The lowest BCUT2D eigenvalue weighted by atomic mass is 9.93. The maximum Gasteiger partial charge on any atom is 0.119 e. The van der Waals surface area contributed by atoms with Crippen molar-refractivity contribution in [3.05, 3.63) is 30.3 Å². The Hall–Kier alpha value is -0.480. The summed E-state index contributed by atoms with van der Waals surface area (Å²) in [6, 6.07) is 10.1. The van der Waals surface area contributed by atoms with Crippen molar-refractivity contribution in [3.8, 4) is 5.75 Å². The molecule has 0 unspecified atom stereocenters. The van der Waals surface area contributed by atoms with Gasteiger partial charge in [0.05, 0.1) is 6.61 Å². The summed E-state index contributed by atoms with van der Waals surface area (Å²) >= 11 is 0. The fraction of sp³-hybridized carbons (Fsp3) is 0.667. The van der Waals surface area contributed by atoms with E-state index in [0.717, 1.165) is 24.7 Å². The molecule has 0 aliphatic carbocycles. The van der Waals surface area contributed by atoms with E-state index in [9.17, 15) is 0 Å². The van der Waals surface area contributed by atoms with E-state index in [1.807, 2.05) is 30.3 Å². The van der Waals surface area contributed by atoms with Crippen LogP contribution in [-0.2, 0) is 0 Å². The molecule has 1 aliphatic rings. The average molecular weight is 363 g/mol. The summed E-state index contributed by atoms with van der Waals surface area (Å²) in [6.07, 6.45) is 5.22. The number of rotatable bonds is 8. The first-order valence-electron chi connectivity index (χ1n) is 8.29. The van der Waals surface area contributed by atoms with Crippen molar-refractivity contribution in [2.24, 2.45) is 5.92 Å². The Balaban J connectivity index is 0.00000242. The molecule has 1 heterocycles. The molecule has 0 saturated carbocycles. The standard InChI is InChI=1S/C18H30N2O.2ClH/c1-19(2)13-9-17-10-14-20(15-11-17)12-6-16-21-18-7-4-3-5-8-18;;/h3-5,7-8,17H,6,9-16H2,1-2H3;2*1H. The van der Waals surface area contributed by atoms with E-state index in [1.165, 1.54) is 45.4 Å². The van der Waals surface area contributed by atoms with Crippen molar-refractivity contribution >= 4 is 24.8 Å². The molecule has 134 valence electrons. The van der Waals surface area contributed by atoms with Crippen LogP contribution >= 0.6 is 24.8 Å². The predicted molar refractivity (Wildman–Crippen MR) is 103 cm³/mol. The SMILES string of the molecule is CN(C)CCC1CCN(CCCOc2ccccc2)CC1.Cl.Cl. The molecular weight excluding hydrogens is 331 g/mol. The van der Waals surface area contributed by atoms with Crippen molar-refractivity contribution in [1.29, 1.82) is 0 Å². The van der Waals surface area contributed by atoms with Gasteiger partial charge < -0.3 is 14.5 Å².